The number of carbonyl (C=O) groups is 1. The van der Waals surface area contributed by atoms with E-state index in [1.165, 1.54) is 24.0 Å². The molecule has 0 saturated carbocycles. The SMILES string of the molecule is Cc1ccc(C(=O)O)c(-c2ccc3c(c2)CCCC3)c1. The number of aromatic carboxylic acids is 1. The van der Waals surface area contributed by atoms with Crippen LogP contribution in [0.4, 0.5) is 0 Å². The van der Waals surface area contributed by atoms with E-state index < -0.39 is 5.97 Å². The number of fused-ring (bicyclic) bond motifs is 1. The van der Waals surface area contributed by atoms with Gasteiger partial charge in [0.2, 0.25) is 0 Å². The van der Waals surface area contributed by atoms with Gasteiger partial charge in [0.1, 0.15) is 0 Å². The Balaban J connectivity index is 2.13. The maximum Gasteiger partial charge on any atom is 0.336 e. The van der Waals surface area contributed by atoms with Crippen molar-refractivity contribution in [3.05, 3.63) is 58.7 Å². The second-order valence-electron chi connectivity index (χ2n) is 5.54. The van der Waals surface area contributed by atoms with Crippen molar-refractivity contribution in [1.29, 1.82) is 0 Å². The summed E-state index contributed by atoms with van der Waals surface area (Å²) in [5, 5.41) is 9.36. The van der Waals surface area contributed by atoms with Gasteiger partial charge in [-0.2, -0.15) is 0 Å². The Bertz CT molecular complexity index is 671. The maximum absolute atomic E-state index is 11.4. The molecule has 0 saturated heterocycles. The molecule has 0 aromatic heterocycles. The summed E-state index contributed by atoms with van der Waals surface area (Å²) in [5.41, 5.74) is 6.11. The highest BCUT2D eigenvalue weighted by atomic mass is 16.4. The first-order valence-corrected chi connectivity index (χ1v) is 7.11. The molecule has 102 valence electrons. The summed E-state index contributed by atoms with van der Waals surface area (Å²) < 4.78 is 0. The van der Waals surface area contributed by atoms with Crippen molar-refractivity contribution in [3.63, 3.8) is 0 Å². The fraction of sp³-hybridized carbons (Fsp3) is 0.278. The number of hydrogen-bond donors (Lipinski definition) is 1. The predicted octanol–water partition coefficient (Wildman–Crippen LogP) is 4.24. The summed E-state index contributed by atoms with van der Waals surface area (Å²) in [6, 6.07) is 11.9. The van der Waals surface area contributed by atoms with Gasteiger partial charge in [-0.15, -0.1) is 0 Å². The van der Waals surface area contributed by atoms with Gasteiger partial charge in [0.05, 0.1) is 5.56 Å². The molecular formula is C18H18O2. The van der Waals surface area contributed by atoms with Gasteiger partial charge in [0, 0.05) is 0 Å². The fourth-order valence-electron chi connectivity index (χ4n) is 2.98. The Labute approximate surface area is 119 Å². The second-order valence-corrected chi connectivity index (χ2v) is 5.54. The zero-order valence-electron chi connectivity index (χ0n) is 11.6. The smallest absolute Gasteiger partial charge is 0.336 e. The monoisotopic (exact) mass is 266 g/mol. The van der Waals surface area contributed by atoms with Crippen LogP contribution in [0.1, 0.15) is 39.9 Å². The molecule has 0 amide bonds. The van der Waals surface area contributed by atoms with Gasteiger partial charge in [0.25, 0.3) is 0 Å². The zero-order valence-corrected chi connectivity index (χ0v) is 11.6. The molecule has 1 aliphatic rings. The Hall–Kier alpha value is -2.09. The van der Waals surface area contributed by atoms with Crippen molar-refractivity contribution in [2.24, 2.45) is 0 Å². The molecule has 1 aliphatic carbocycles. The Morgan fingerprint density at radius 3 is 2.50 bits per heavy atom. The average molecular weight is 266 g/mol. The van der Waals surface area contributed by atoms with E-state index in [1.54, 1.807) is 6.07 Å². The molecule has 0 heterocycles. The molecule has 20 heavy (non-hydrogen) atoms. The minimum atomic E-state index is -0.863. The summed E-state index contributed by atoms with van der Waals surface area (Å²) in [6.07, 6.45) is 4.75. The summed E-state index contributed by atoms with van der Waals surface area (Å²) in [7, 11) is 0. The van der Waals surface area contributed by atoms with E-state index in [0.29, 0.717) is 5.56 Å². The Morgan fingerprint density at radius 2 is 1.75 bits per heavy atom. The van der Waals surface area contributed by atoms with E-state index in [2.05, 4.69) is 18.2 Å². The average Bonchev–Trinajstić information content (AvgIpc) is 2.46. The normalized spacial score (nSPS) is 13.8. The Kier molecular flexibility index (Phi) is 3.31. The van der Waals surface area contributed by atoms with Crippen LogP contribution in [0.25, 0.3) is 11.1 Å². The second kappa shape index (κ2) is 5.12. The van der Waals surface area contributed by atoms with E-state index in [1.807, 2.05) is 19.1 Å². The van der Waals surface area contributed by atoms with Crippen LogP contribution in [0, 0.1) is 6.92 Å². The first-order chi connectivity index (χ1) is 9.65. The van der Waals surface area contributed by atoms with Crippen molar-refractivity contribution in [3.8, 4) is 11.1 Å². The molecule has 0 bridgehead atoms. The molecule has 2 aromatic rings. The van der Waals surface area contributed by atoms with Gasteiger partial charge in [-0.25, -0.2) is 4.79 Å². The molecule has 0 fully saturated rings. The van der Waals surface area contributed by atoms with Crippen LogP contribution in [0.5, 0.6) is 0 Å². The van der Waals surface area contributed by atoms with Gasteiger partial charge in [-0.1, -0.05) is 35.9 Å². The van der Waals surface area contributed by atoms with Crippen LogP contribution in [-0.4, -0.2) is 11.1 Å². The van der Waals surface area contributed by atoms with Crippen LogP contribution in [-0.2, 0) is 12.8 Å². The largest absolute Gasteiger partial charge is 0.478 e. The summed E-state index contributed by atoms with van der Waals surface area (Å²) in [4.78, 5) is 11.4. The Morgan fingerprint density at radius 1 is 1.00 bits per heavy atom. The molecular weight excluding hydrogens is 248 g/mol. The number of rotatable bonds is 2. The summed E-state index contributed by atoms with van der Waals surface area (Å²) in [6.45, 7) is 1.99. The third-order valence-electron chi connectivity index (χ3n) is 4.06. The van der Waals surface area contributed by atoms with Crippen LogP contribution in [0.15, 0.2) is 36.4 Å². The number of carboxylic acid groups (broad SMARTS) is 1. The fourth-order valence-corrected chi connectivity index (χ4v) is 2.98. The van der Waals surface area contributed by atoms with E-state index in [0.717, 1.165) is 29.5 Å². The minimum absolute atomic E-state index is 0.381. The van der Waals surface area contributed by atoms with Gasteiger partial charge in [-0.05, 0) is 60.9 Å². The maximum atomic E-state index is 11.4. The van der Waals surface area contributed by atoms with E-state index in [4.69, 9.17) is 0 Å². The van der Waals surface area contributed by atoms with E-state index in [-0.39, 0.29) is 0 Å². The lowest BCUT2D eigenvalue weighted by atomic mass is 9.88. The minimum Gasteiger partial charge on any atom is -0.478 e. The molecule has 2 heteroatoms. The third-order valence-corrected chi connectivity index (χ3v) is 4.06. The van der Waals surface area contributed by atoms with Crippen LogP contribution < -0.4 is 0 Å². The lowest BCUT2D eigenvalue weighted by Gasteiger charge is -2.17. The van der Waals surface area contributed by atoms with Crippen molar-refractivity contribution in [2.45, 2.75) is 32.6 Å². The van der Waals surface area contributed by atoms with E-state index >= 15 is 0 Å². The highest BCUT2D eigenvalue weighted by Crippen LogP contribution is 2.30. The molecule has 0 radical (unpaired) electrons. The molecule has 0 unspecified atom stereocenters. The van der Waals surface area contributed by atoms with Gasteiger partial charge in [-0.3, -0.25) is 0 Å². The molecule has 0 spiro atoms. The quantitative estimate of drug-likeness (QED) is 0.882. The third kappa shape index (κ3) is 2.34. The van der Waals surface area contributed by atoms with Crippen molar-refractivity contribution in [2.75, 3.05) is 0 Å². The summed E-state index contributed by atoms with van der Waals surface area (Å²) in [5.74, 6) is -0.863. The molecule has 3 rings (SSSR count). The number of aryl methyl sites for hydroxylation is 3. The van der Waals surface area contributed by atoms with Gasteiger partial charge < -0.3 is 5.11 Å². The topological polar surface area (TPSA) is 37.3 Å². The van der Waals surface area contributed by atoms with Crippen LogP contribution in [0.3, 0.4) is 0 Å². The molecule has 2 aromatic carbocycles. The standard InChI is InChI=1S/C18H18O2/c1-12-6-9-16(18(19)20)17(10-12)15-8-7-13-4-2-3-5-14(13)11-15/h6-11H,2-5H2,1H3,(H,19,20). The van der Waals surface area contributed by atoms with Crippen molar-refractivity contribution in [1.82, 2.24) is 0 Å². The summed E-state index contributed by atoms with van der Waals surface area (Å²) >= 11 is 0. The molecule has 0 atom stereocenters. The van der Waals surface area contributed by atoms with Crippen molar-refractivity contribution >= 4 is 5.97 Å². The molecule has 1 N–H and O–H groups in total. The number of carboxylic acids is 1. The lowest BCUT2D eigenvalue weighted by Crippen LogP contribution is -2.04. The van der Waals surface area contributed by atoms with Gasteiger partial charge in [0.15, 0.2) is 0 Å². The predicted molar refractivity (Wildman–Crippen MR) is 80.2 cm³/mol. The highest BCUT2D eigenvalue weighted by molar-refractivity contribution is 5.96. The first kappa shape index (κ1) is 12.9. The van der Waals surface area contributed by atoms with Crippen molar-refractivity contribution < 1.29 is 9.90 Å². The lowest BCUT2D eigenvalue weighted by molar-refractivity contribution is 0.0697. The highest BCUT2D eigenvalue weighted by Gasteiger charge is 2.14. The number of hydrogen-bond acceptors (Lipinski definition) is 1. The van der Waals surface area contributed by atoms with Crippen LogP contribution in [0.2, 0.25) is 0 Å². The first-order valence-electron chi connectivity index (χ1n) is 7.11. The zero-order chi connectivity index (χ0) is 14.1. The molecule has 2 nitrogen and oxygen atoms in total. The molecule has 0 aliphatic heterocycles. The number of benzene rings is 2. The van der Waals surface area contributed by atoms with Gasteiger partial charge >= 0.3 is 5.97 Å². The van der Waals surface area contributed by atoms with Crippen LogP contribution >= 0.6 is 0 Å². The van der Waals surface area contributed by atoms with E-state index in [9.17, 15) is 9.90 Å².